The van der Waals surface area contributed by atoms with Gasteiger partial charge in [-0.2, -0.15) is 5.10 Å². The molecule has 2 aromatic carbocycles. The van der Waals surface area contributed by atoms with Gasteiger partial charge in [-0.15, -0.1) is 0 Å². The molecule has 1 saturated heterocycles. The lowest BCUT2D eigenvalue weighted by atomic mass is 9.90. The van der Waals surface area contributed by atoms with Gasteiger partial charge in [0.15, 0.2) is 0 Å². The Kier molecular flexibility index (Phi) is 9.09. The fourth-order valence-corrected chi connectivity index (χ4v) is 4.70. The van der Waals surface area contributed by atoms with Crippen LogP contribution in [-0.4, -0.2) is 46.8 Å². The van der Waals surface area contributed by atoms with Crippen LogP contribution in [0.4, 0.5) is 0 Å². The zero-order valence-corrected chi connectivity index (χ0v) is 20.8. The standard InChI is InChI=1S/C28H33ClN4O2/c29-25-9-7-24(8-10-25)26-11-12-28(35)33(31-26)20-15-27(34)30-16-4-17-32-18-13-23(14-19-32)21-22-5-2-1-3-6-22/h1-3,5-12,23H,4,13-21H2,(H,30,34). The zero-order valence-electron chi connectivity index (χ0n) is 20.0. The summed E-state index contributed by atoms with van der Waals surface area (Å²) in [5.74, 6) is 0.709. The largest absolute Gasteiger partial charge is 0.356 e. The molecule has 1 aromatic heterocycles. The summed E-state index contributed by atoms with van der Waals surface area (Å²) in [7, 11) is 0. The SMILES string of the molecule is O=C(CCn1nc(-c2ccc(Cl)cc2)ccc1=O)NCCCN1CCC(Cc2ccccc2)CC1. The summed E-state index contributed by atoms with van der Waals surface area (Å²) in [5.41, 5.74) is 2.76. The maximum absolute atomic E-state index is 12.3. The van der Waals surface area contributed by atoms with E-state index in [4.69, 9.17) is 11.6 Å². The molecule has 4 rings (SSSR count). The number of nitrogens with zero attached hydrogens (tertiary/aromatic N) is 3. The van der Waals surface area contributed by atoms with Gasteiger partial charge < -0.3 is 10.2 Å². The Bertz CT molecular complexity index is 1140. The van der Waals surface area contributed by atoms with E-state index in [1.807, 2.05) is 12.1 Å². The highest BCUT2D eigenvalue weighted by Gasteiger charge is 2.19. The summed E-state index contributed by atoms with van der Waals surface area (Å²) in [6, 6.07) is 21.2. The van der Waals surface area contributed by atoms with Gasteiger partial charge in [0.1, 0.15) is 0 Å². The van der Waals surface area contributed by atoms with Crippen molar-refractivity contribution in [3.05, 3.63) is 87.7 Å². The molecule has 0 unspecified atom stereocenters. The Morgan fingerprint density at radius 3 is 2.46 bits per heavy atom. The molecule has 1 N–H and O–H groups in total. The number of benzene rings is 2. The average Bonchev–Trinajstić information content (AvgIpc) is 2.88. The lowest BCUT2D eigenvalue weighted by molar-refractivity contribution is -0.121. The fraction of sp³-hybridized carbons (Fsp3) is 0.393. The van der Waals surface area contributed by atoms with E-state index in [0.29, 0.717) is 17.3 Å². The molecular formula is C28H33ClN4O2. The lowest BCUT2D eigenvalue weighted by Crippen LogP contribution is -2.36. The third-order valence-corrected chi connectivity index (χ3v) is 6.86. The number of halogens is 1. The molecule has 0 aliphatic carbocycles. The summed E-state index contributed by atoms with van der Waals surface area (Å²) < 4.78 is 1.35. The van der Waals surface area contributed by atoms with Crippen LogP contribution in [-0.2, 0) is 17.8 Å². The van der Waals surface area contributed by atoms with Crippen LogP contribution in [0, 0.1) is 5.92 Å². The fourth-order valence-electron chi connectivity index (χ4n) is 4.57. The molecule has 2 heterocycles. The first-order chi connectivity index (χ1) is 17.1. The average molecular weight is 493 g/mol. The number of amides is 1. The Balaban J connectivity index is 1.13. The van der Waals surface area contributed by atoms with E-state index in [1.165, 1.54) is 35.6 Å². The topological polar surface area (TPSA) is 67.2 Å². The van der Waals surface area contributed by atoms with Gasteiger partial charge in [-0.3, -0.25) is 9.59 Å². The van der Waals surface area contributed by atoms with Crippen LogP contribution < -0.4 is 10.9 Å². The molecule has 0 spiro atoms. The molecule has 0 atom stereocenters. The second-order valence-electron chi connectivity index (χ2n) is 9.22. The highest BCUT2D eigenvalue weighted by molar-refractivity contribution is 6.30. The van der Waals surface area contributed by atoms with Gasteiger partial charge in [-0.05, 0) is 75.0 Å². The number of rotatable bonds is 10. The summed E-state index contributed by atoms with van der Waals surface area (Å²) in [4.78, 5) is 27.0. The predicted octanol–water partition coefficient (Wildman–Crippen LogP) is 4.41. The van der Waals surface area contributed by atoms with Gasteiger partial charge in [0.05, 0.1) is 12.2 Å². The molecule has 0 saturated carbocycles. The molecule has 0 radical (unpaired) electrons. The van der Waals surface area contributed by atoms with Crippen molar-refractivity contribution in [3.8, 4) is 11.3 Å². The molecule has 3 aromatic rings. The Morgan fingerprint density at radius 1 is 0.971 bits per heavy atom. The number of hydrogen-bond acceptors (Lipinski definition) is 4. The highest BCUT2D eigenvalue weighted by atomic mass is 35.5. The number of nitrogens with one attached hydrogen (secondary N) is 1. The molecular weight excluding hydrogens is 460 g/mol. The van der Waals surface area contributed by atoms with Gasteiger partial charge in [0.2, 0.25) is 5.91 Å². The number of carbonyl (C=O) groups is 1. The number of carbonyl (C=O) groups excluding carboxylic acids is 1. The molecule has 1 amide bonds. The van der Waals surface area contributed by atoms with Crippen molar-refractivity contribution in [3.63, 3.8) is 0 Å². The molecule has 6 nitrogen and oxygen atoms in total. The van der Waals surface area contributed by atoms with Gasteiger partial charge in [-0.25, -0.2) is 4.68 Å². The predicted molar refractivity (Wildman–Crippen MR) is 140 cm³/mol. The van der Waals surface area contributed by atoms with Crippen molar-refractivity contribution in [1.29, 1.82) is 0 Å². The van der Waals surface area contributed by atoms with Gasteiger partial charge in [0.25, 0.3) is 5.56 Å². The van der Waals surface area contributed by atoms with Crippen LogP contribution in [0.1, 0.15) is 31.2 Å². The van der Waals surface area contributed by atoms with Crippen LogP contribution in [0.25, 0.3) is 11.3 Å². The van der Waals surface area contributed by atoms with Crippen LogP contribution in [0.3, 0.4) is 0 Å². The number of piperidine rings is 1. The first-order valence-electron chi connectivity index (χ1n) is 12.4. The minimum Gasteiger partial charge on any atom is -0.356 e. The van der Waals surface area contributed by atoms with E-state index in [2.05, 4.69) is 45.6 Å². The van der Waals surface area contributed by atoms with Crippen molar-refractivity contribution in [2.24, 2.45) is 5.92 Å². The van der Waals surface area contributed by atoms with E-state index in [1.54, 1.807) is 18.2 Å². The normalized spacial score (nSPS) is 14.7. The Labute approximate surface area is 211 Å². The van der Waals surface area contributed by atoms with Crippen LogP contribution in [0.15, 0.2) is 71.5 Å². The summed E-state index contributed by atoms with van der Waals surface area (Å²) >= 11 is 5.95. The number of aromatic nitrogens is 2. The van der Waals surface area contributed by atoms with E-state index in [9.17, 15) is 9.59 Å². The molecule has 184 valence electrons. The molecule has 1 aliphatic rings. The maximum atomic E-state index is 12.3. The van der Waals surface area contributed by atoms with Crippen molar-refractivity contribution in [1.82, 2.24) is 20.0 Å². The highest BCUT2D eigenvalue weighted by Crippen LogP contribution is 2.22. The van der Waals surface area contributed by atoms with E-state index in [-0.39, 0.29) is 24.4 Å². The third kappa shape index (κ3) is 7.77. The van der Waals surface area contributed by atoms with Gasteiger partial charge >= 0.3 is 0 Å². The number of likely N-dealkylation sites (tertiary alicyclic amines) is 1. The second kappa shape index (κ2) is 12.7. The van der Waals surface area contributed by atoms with Gasteiger partial charge in [0, 0.05) is 29.6 Å². The van der Waals surface area contributed by atoms with E-state index >= 15 is 0 Å². The summed E-state index contributed by atoms with van der Waals surface area (Å²) in [5, 5.41) is 8.04. The van der Waals surface area contributed by atoms with Crippen molar-refractivity contribution < 1.29 is 4.79 Å². The van der Waals surface area contributed by atoms with Crippen molar-refractivity contribution >= 4 is 17.5 Å². The maximum Gasteiger partial charge on any atom is 0.266 e. The summed E-state index contributed by atoms with van der Waals surface area (Å²) in [6.45, 7) is 4.16. The number of aryl methyl sites for hydroxylation is 1. The van der Waals surface area contributed by atoms with E-state index < -0.39 is 0 Å². The first kappa shape index (κ1) is 25.1. The second-order valence-corrected chi connectivity index (χ2v) is 9.65. The Hall–Kier alpha value is -2.96. The van der Waals surface area contributed by atoms with Crippen molar-refractivity contribution in [2.45, 2.75) is 38.6 Å². The van der Waals surface area contributed by atoms with Crippen LogP contribution in [0.5, 0.6) is 0 Å². The monoisotopic (exact) mass is 492 g/mol. The minimum atomic E-state index is -0.216. The smallest absolute Gasteiger partial charge is 0.266 e. The number of hydrogen-bond donors (Lipinski definition) is 1. The molecule has 0 bridgehead atoms. The van der Waals surface area contributed by atoms with Crippen molar-refractivity contribution in [2.75, 3.05) is 26.2 Å². The van der Waals surface area contributed by atoms with E-state index in [0.717, 1.165) is 37.5 Å². The van der Waals surface area contributed by atoms with Gasteiger partial charge in [-0.1, -0.05) is 54.1 Å². The molecule has 7 heteroatoms. The first-order valence-corrected chi connectivity index (χ1v) is 12.8. The minimum absolute atomic E-state index is 0.0582. The summed E-state index contributed by atoms with van der Waals surface area (Å²) in [6.07, 6.45) is 4.79. The van der Waals surface area contributed by atoms with Crippen LogP contribution >= 0.6 is 11.6 Å². The molecule has 35 heavy (non-hydrogen) atoms. The molecule has 1 aliphatic heterocycles. The van der Waals surface area contributed by atoms with Crippen LogP contribution in [0.2, 0.25) is 5.02 Å². The molecule has 1 fully saturated rings. The Morgan fingerprint density at radius 2 is 1.71 bits per heavy atom. The third-order valence-electron chi connectivity index (χ3n) is 6.60. The zero-order chi connectivity index (χ0) is 24.5. The lowest BCUT2D eigenvalue weighted by Gasteiger charge is -2.32. The quantitative estimate of drug-likeness (QED) is 0.425.